The molecule has 2 N–H and O–H groups in total. The lowest BCUT2D eigenvalue weighted by Crippen LogP contribution is -2.44. The molecule has 0 radical (unpaired) electrons. The smallest absolute Gasteiger partial charge is 0.191 e. The maximum absolute atomic E-state index is 14.0. The fraction of sp³-hybridized carbons (Fsp3) is 0.474. The number of hydrogen-bond acceptors (Lipinski definition) is 4. The Labute approximate surface area is 162 Å². The molecule has 27 heavy (non-hydrogen) atoms. The van der Waals surface area contributed by atoms with Gasteiger partial charge in [0.2, 0.25) is 0 Å². The molecule has 1 unspecified atom stereocenters. The topological polar surface area (TPSA) is 52.6 Å². The van der Waals surface area contributed by atoms with Crippen molar-refractivity contribution in [2.75, 3.05) is 31.1 Å². The zero-order chi connectivity index (χ0) is 19.2. The third kappa shape index (κ3) is 5.15. The van der Waals surface area contributed by atoms with Gasteiger partial charge in [0.25, 0.3) is 0 Å². The molecule has 2 heterocycles. The van der Waals surface area contributed by atoms with Gasteiger partial charge in [-0.3, -0.25) is 4.99 Å². The van der Waals surface area contributed by atoms with Gasteiger partial charge in [-0.2, -0.15) is 0 Å². The molecule has 0 amide bonds. The van der Waals surface area contributed by atoms with E-state index < -0.39 is 11.6 Å². The Morgan fingerprint density at radius 3 is 2.81 bits per heavy atom. The minimum Gasteiger partial charge on any atom is -0.365 e. The van der Waals surface area contributed by atoms with Crippen LogP contribution in [0.2, 0.25) is 0 Å². The lowest BCUT2D eigenvalue weighted by molar-refractivity contribution is 0.576. The van der Waals surface area contributed by atoms with E-state index in [9.17, 15) is 8.78 Å². The van der Waals surface area contributed by atoms with Crippen molar-refractivity contribution in [3.05, 3.63) is 45.9 Å². The van der Waals surface area contributed by atoms with Crippen LogP contribution < -0.4 is 15.5 Å². The first-order chi connectivity index (χ1) is 13.1. The van der Waals surface area contributed by atoms with Crippen molar-refractivity contribution in [3.8, 4) is 0 Å². The molecule has 2 aromatic rings. The molecule has 1 fully saturated rings. The predicted octanol–water partition coefficient (Wildman–Crippen LogP) is 3.11. The van der Waals surface area contributed by atoms with E-state index in [2.05, 4.69) is 20.6 Å². The number of aliphatic imine (C=N–C) groups is 1. The van der Waals surface area contributed by atoms with E-state index in [1.54, 1.807) is 16.2 Å². The Morgan fingerprint density at radius 2 is 2.15 bits per heavy atom. The summed E-state index contributed by atoms with van der Waals surface area (Å²) < 4.78 is 28.0. The molecule has 1 saturated heterocycles. The first kappa shape index (κ1) is 19.5. The van der Waals surface area contributed by atoms with E-state index in [0.29, 0.717) is 19.6 Å². The normalized spacial score (nSPS) is 17.4. The average molecular weight is 394 g/mol. The Morgan fingerprint density at radius 1 is 1.37 bits per heavy atom. The van der Waals surface area contributed by atoms with Crippen LogP contribution in [0.5, 0.6) is 0 Å². The summed E-state index contributed by atoms with van der Waals surface area (Å²) in [5.41, 5.74) is 0.0582. The molecule has 3 rings (SSSR count). The van der Waals surface area contributed by atoms with Crippen LogP contribution in [-0.2, 0) is 6.42 Å². The van der Waals surface area contributed by atoms with Crippen molar-refractivity contribution >= 4 is 23.0 Å². The zero-order valence-corrected chi connectivity index (χ0v) is 16.5. The molecule has 1 aliphatic rings. The lowest BCUT2D eigenvalue weighted by Gasteiger charge is -2.21. The molecule has 0 aliphatic carbocycles. The molecule has 1 atom stereocenters. The van der Waals surface area contributed by atoms with Gasteiger partial charge in [-0.05, 0) is 32.4 Å². The summed E-state index contributed by atoms with van der Waals surface area (Å²) in [5.74, 6) is -0.309. The first-order valence-electron chi connectivity index (χ1n) is 9.22. The summed E-state index contributed by atoms with van der Waals surface area (Å²) >= 11 is 1.69. The quantitative estimate of drug-likeness (QED) is 0.585. The summed E-state index contributed by atoms with van der Waals surface area (Å²) in [7, 11) is 0. The molecular formula is C19H25F2N5S. The van der Waals surface area contributed by atoms with Crippen LogP contribution in [0.1, 0.15) is 23.2 Å². The highest BCUT2D eigenvalue weighted by atomic mass is 32.1. The maximum atomic E-state index is 14.0. The molecule has 5 nitrogen and oxygen atoms in total. The van der Waals surface area contributed by atoms with Gasteiger partial charge in [-0.1, -0.05) is 6.07 Å². The number of para-hydroxylation sites is 1. The number of benzene rings is 1. The van der Waals surface area contributed by atoms with E-state index >= 15 is 0 Å². The SMILES string of the molecule is CCNC(=NCCc1ncc(C)s1)NC1CCN(c2c(F)cccc2F)C1. The molecule has 1 aromatic carbocycles. The fourth-order valence-electron chi connectivity index (χ4n) is 3.17. The van der Waals surface area contributed by atoms with Gasteiger partial charge < -0.3 is 15.5 Å². The summed E-state index contributed by atoms with van der Waals surface area (Å²) in [4.78, 5) is 11.9. The Kier molecular flexibility index (Phi) is 6.60. The van der Waals surface area contributed by atoms with E-state index in [0.717, 1.165) is 30.4 Å². The van der Waals surface area contributed by atoms with Crippen molar-refractivity contribution in [2.45, 2.75) is 32.7 Å². The van der Waals surface area contributed by atoms with Gasteiger partial charge in [-0.15, -0.1) is 11.3 Å². The largest absolute Gasteiger partial charge is 0.365 e. The van der Waals surface area contributed by atoms with Gasteiger partial charge in [-0.25, -0.2) is 13.8 Å². The Hall–Kier alpha value is -2.22. The van der Waals surface area contributed by atoms with Crippen LogP contribution in [0.15, 0.2) is 29.4 Å². The van der Waals surface area contributed by atoms with Gasteiger partial charge in [0.15, 0.2) is 5.96 Å². The molecule has 1 aliphatic heterocycles. The highest BCUT2D eigenvalue weighted by Crippen LogP contribution is 2.26. The number of anilines is 1. The first-order valence-corrected chi connectivity index (χ1v) is 10.0. The van der Waals surface area contributed by atoms with Gasteiger partial charge in [0.1, 0.15) is 17.3 Å². The second kappa shape index (κ2) is 9.12. The van der Waals surface area contributed by atoms with Crippen molar-refractivity contribution in [2.24, 2.45) is 4.99 Å². The monoisotopic (exact) mass is 393 g/mol. The van der Waals surface area contributed by atoms with Gasteiger partial charge in [0, 0.05) is 49.7 Å². The third-order valence-electron chi connectivity index (χ3n) is 4.39. The molecule has 0 saturated carbocycles. The number of hydrogen-bond donors (Lipinski definition) is 2. The highest BCUT2D eigenvalue weighted by Gasteiger charge is 2.27. The number of rotatable bonds is 6. The second-order valence-corrected chi connectivity index (χ2v) is 7.84. The number of guanidine groups is 1. The maximum Gasteiger partial charge on any atom is 0.191 e. The number of nitrogens with one attached hydrogen (secondary N) is 2. The number of aryl methyl sites for hydroxylation is 1. The third-order valence-corrected chi connectivity index (χ3v) is 5.36. The van der Waals surface area contributed by atoms with Crippen molar-refractivity contribution in [1.29, 1.82) is 0 Å². The number of nitrogens with zero attached hydrogens (tertiary/aromatic N) is 3. The van der Waals surface area contributed by atoms with Crippen LogP contribution in [0, 0.1) is 18.6 Å². The van der Waals surface area contributed by atoms with E-state index in [-0.39, 0.29) is 11.7 Å². The number of thiazole rings is 1. The number of aromatic nitrogens is 1. The molecule has 1 aromatic heterocycles. The standard InChI is InChI=1S/C19H25F2N5S/c1-3-22-19(23-9-7-17-24-11-13(2)27-17)25-14-8-10-26(12-14)18-15(20)5-4-6-16(18)21/h4-6,11,14H,3,7-10,12H2,1-2H3,(H2,22,23,25). The molecule has 146 valence electrons. The summed E-state index contributed by atoms with van der Waals surface area (Å²) in [6.07, 6.45) is 3.47. The average Bonchev–Trinajstić information content (AvgIpc) is 3.24. The minimum absolute atomic E-state index is 0.0582. The Bertz CT molecular complexity index is 772. The predicted molar refractivity (Wildman–Crippen MR) is 107 cm³/mol. The van der Waals surface area contributed by atoms with E-state index in [4.69, 9.17) is 0 Å². The van der Waals surface area contributed by atoms with Crippen molar-refractivity contribution < 1.29 is 8.78 Å². The van der Waals surface area contributed by atoms with Crippen LogP contribution in [0.3, 0.4) is 0 Å². The minimum atomic E-state index is -0.519. The lowest BCUT2D eigenvalue weighted by atomic mass is 10.2. The molecule has 0 spiro atoms. The number of halogens is 2. The summed E-state index contributed by atoms with van der Waals surface area (Å²) in [6.45, 7) is 6.58. The van der Waals surface area contributed by atoms with Crippen LogP contribution >= 0.6 is 11.3 Å². The molecular weight excluding hydrogens is 368 g/mol. The van der Waals surface area contributed by atoms with Crippen LogP contribution in [0.4, 0.5) is 14.5 Å². The van der Waals surface area contributed by atoms with Gasteiger partial charge >= 0.3 is 0 Å². The van der Waals surface area contributed by atoms with E-state index in [1.165, 1.54) is 23.1 Å². The molecule has 8 heteroatoms. The summed E-state index contributed by atoms with van der Waals surface area (Å²) in [6, 6.07) is 4.07. The van der Waals surface area contributed by atoms with E-state index in [1.807, 2.05) is 20.0 Å². The second-order valence-electron chi connectivity index (χ2n) is 6.52. The summed E-state index contributed by atoms with van der Waals surface area (Å²) in [5, 5.41) is 7.69. The Balaban J connectivity index is 1.57. The van der Waals surface area contributed by atoms with Gasteiger partial charge in [0.05, 0.1) is 5.01 Å². The molecule has 0 bridgehead atoms. The van der Waals surface area contributed by atoms with Crippen LogP contribution in [0.25, 0.3) is 0 Å². The zero-order valence-electron chi connectivity index (χ0n) is 15.6. The van der Waals surface area contributed by atoms with Crippen LogP contribution in [-0.4, -0.2) is 43.2 Å². The fourth-order valence-corrected chi connectivity index (χ4v) is 3.94. The van der Waals surface area contributed by atoms with Crippen molar-refractivity contribution in [3.63, 3.8) is 0 Å². The van der Waals surface area contributed by atoms with Crippen molar-refractivity contribution in [1.82, 2.24) is 15.6 Å². The highest BCUT2D eigenvalue weighted by molar-refractivity contribution is 7.11.